The molecule has 0 saturated carbocycles. The molecular formula is C42H43FN6O5S. The smallest absolute Gasteiger partial charge is 0.263 e. The maximum absolute atomic E-state index is 14.6. The van der Waals surface area contributed by atoms with Crippen molar-refractivity contribution >= 4 is 46.8 Å². The Labute approximate surface area is 323 Å². The Morgan fingerprint density at radius 3 is 2.58 bits per heavy atom. The first-order chi connectivity index (χ1) is 26.8. The quantitative estimate of drug-likeness (QED) is 0.0727. The van der Waals surface area contributed by atoms with Crippen LogP contribution < -0.4 is 16.0 Å². The third-order valence-corrected chi connectivity index (χ3v) is 12.3. The van der Waals surface area contributed by atoms with Gasteiger partial charge in [-0.15, -0.1) is 11.8 Å². The standard InChI is InChI=1S/C42H43FN6O5S/c43-28-21-32-38(42(54)49(41(32)53)35-9-10-37(51)47-40(35)52)36(22-28)55-18-3-1-2-14-45-29-6-4-5-26(19-29)27-7-8-33-31(20-27)39-30(34(24-50)46-33)13-17-48(39)23-25-11-15-44-16-12-25/h4-8,11-12,15-16,19-22,30,34-35,39,45-46,50H,1-3,9-10,13-14,17-18,23-24H2,(H,47,51,52)/t30-,34-,35?,39-/m1/s1. The second-order valence-corrected chi connectivity index (χ2v) is 15.8. The van der Waals surface area contributed by atoms with E-state index in [-0.39, 0.29) is 42.7 Å². The molecule has 11 nitrogen and oxygen atoms in total. The number of thioether (sulfide) groups is 1. The van der Waals surface area contributed by atoms with E-state index >= 15 is 0 Å². The minimum absolute atomic E-state index is 0.0201. The van der Waals surface area contributed by atoms with E-state index < -0.39 is 35.5 Å². The number of piperidine rings is 1. The Balaban J connectivity index is 0.860. The van der Waals surface area contributed by atoms with E-state index in [1.54, 1.807) is 0 Å². The molecule has 4 aliphatic rings. The van der Waals surface area contributed by atoms with E-state index in [1.807, 2.05) is 12.4 Å². The number of hydrogen-bond acceptors (Lipinski definition) is 10. The second-order valence-electron chi connectivity index (χ2n) is 14.6. The van der Waals surface area contributed by atoms with Gasteiger partial charge < -0.3 is 15.7 Å². The summed E-state index contributed by atoms with van der Waals surface area (Å²) in [5, 5.41) is 19.6. The molecule has 0 aliphatic carbocycles. The number of nitrogens with one attached hydrogen (secondary N) is 3. The summed E-state index contributed by atoms with van der Waals surface area (Å²) in [6, 6.07) is 20.6. The largest absolute Gasteiger partial charge is 0.394 e. The van der Waals surface area contributed by atoms with Crippen LogP contribution in [0, 0.1) is 11.7 Å². The molecule has 0 spiro atoms. The number of likely N-dealkylation sites (tertiary alicyclic amines) is 1. The van der Waals surface area contributed by atoms with Crippen LogP contribution in [0.2, 0.25) is 0 Å². The van der Waals surface area contributed by atoms with Crippen LogP contribution in [0.5, 0.6) is 0 Å². The molecule has 4 amide bonds. The number of carbonyl (C=O) groups excluding carboxylic acids is 4. The van der Waals surface area contributed by atoms with Gasteiger partial charge in [0.25, 0.3) is 11.8 Å². The number of rotatable bonds is 13. The molecule has 2 fully saturated rings. The minimum Gasteiger partial charge on any atom is -0.394 e. The molecule has 8 rings (SSSR count). The highest BCUT2D eigenvalue weighted by molar-refractivity contribution is 7.99. The van der Waals surface area contributed by atoms with Crippen molar-refractivity contribution < 1.29 is 28.7 Å². The van der Waals surface area contributed by atoms with E-state index in [2.05, 4.69) is 80.4 Å². The van der Waals surface area contributed by atoms with Crippen molar-refractivity contribution in [1.82, 2.24) is 20.1 Å². The van der Waals surface area contributed by atoms with Crippen molar-refractivity contribution in [3.05, 3.63) is 107 Å². The van der Waals surface area contributed by atoms with Gasteiger partial charge in [-0.3, -0.25) is 39.3 Å². The van der Waals surface area contributed by atoms with E-state index in [0.717, 1.165) is 78.8 Å². The lowest BCUT2D eigenvalue weighted by Gasteiger charge is -2.39. The van der Waals surface area contributed by atoms with Gasteiger partial charge in [-0.05, 0) is 109 Å². The number of unbranched alkanes of at least 4 members (excludes halogenated alkanes) is 2. The molecule has 1 unspecified atom stereocenters. The summed E-state index contributed by atoms with van der Waals surface area (Å²) in [6.07, 6.45) is 7.39. The monoisotopic (exact) mass is 762 g/mol. The fraction of sp³-hybridized carbons (Fsp3) is 0.357. The molecule has 4 N–H and O–H groups in total. The fourth-order valence-corrected chi connectivity index (χ4v) is 9.61. The zero-order valence-corrected chi connectivity index (χ0v) is 31.1. The SMILES string of the molecule is O=C1CCC(N2C(=O)c3cc(F)cc(SCCCCCNc4cccc(-c5ccc6c(c5)[C@H]5[C@H](CCN5Cc5ccncc5)[C@@H](CO)N6)c4)c3C2=O)C(=O)N1. The molecule has 4 aliphatic heterocycles. The predicted octanol–water partition coefficient (Wildman–Crippen LogP) is 6.01. The first-order valence-electron chi connectivity index (χ1n) is 19.0. The van der Waals surface area contributed by atoms with E-state index in [1.165, 1.54) is 29.0 Å². The van der Waals surface area contributed by atoms with Gasteiger partial charge in [-0.2, -0.15) is 0 Å². The van der Waals surface area contributed by atoms with E-state index in [9.17, 15) is 28.7 Å². The number of nitrogens with zero attached hydrogens (tertiary/aromatic N) is 3. The lowest BCUT2D eigenvalue weighted by atomic mass is 9.82. The van der Waals surface area contributed by atoms with Crippen molar-refractivity contribution in [3.63, 3.8) is 0 Å². The number of carbonyl (C=O) groups is 4. The van der Waals surface area contributed by atoms with Gasteiger partial charge in [0.05, 0.1) is 23.8 Å². The van der Waals surface area contributed by atoms with Crippen molar-refractivity contribution in [2.24, 2.45) is 5.92 Å². The summed E-state index contributed by atoms with van der Waals surface area (Å²) >= 11 is 1.33. The van der Waals surface area contributed by atoms with Crippen LogP contribution in [0.25, 0.3) is 11.1 Å². The van der Waals surface area contributed by atoms with Crippen molar-refractivity contribution in [2.75, 3.05) is 36.1 Å². The van der Waals surface area contributed by atoms with Crippen LogP contribution >= 0.6 is 11.8 Å². The fourth-order valence-electron chi connectivity index (χ4n) is 8.50. The van der Waals surface area contributed by atoms with Crippen LogP contribution in [-0.2, 0) is 16.1 Å². The van der Waals surface area contributed by atoms with Crippen molar-refractivity contribution in [1.29, 1.82) is 0 Å². The Kier molecular flexibility index (Phi) is 10.7. The second kappa shape index (κ2) is 15.9. The Morgan fingerprint density at radius 2 is 1.76 bits per heavy atom. The van der Waals surface area contributed by atoms with Crippen LogP contribution in [-0.4, -0.2) is 81.1 Å². The number of imide groups is 2. The number of benzene rings is 3. The first-order valence-corrected chi connectivity index (χ1v) is 19.9. The Bertz CT molecular complexity index is 2130. The first kappa shape index (κ1) is 36.8. The molecule has 55 heavy (non-hydrogen) atoms. The number of anilines is 2. The highest BCUT2D eigenvalue weighted by Crippen LogP contribution is 2.48. The van der Waals surface area contributed by atoms with Crippen LogP contribution in [0.1, 0.15) is 76.4 Å². The maximum atomic E-state index is 14.6. The summed E-state index contributed by atoms with van der Waals surface area (Å²) in [7, 11) is 0. The summed E-state index contributed by atoms with van der Waals surface area (Å²) < 4.78 is 14.6. The molecule has 4 aromatic rings. The molecular weight excluding hydrogens is 720 g/mol. The number of amides is 4. The van der Waals surface area contributed by atoms with E-state index in [4.69, 9.17) is 0 Å². The third-order valence-electron chi connectivity index (χ3n) is 11.2. The molecule has 4 atom stereocenters. The molecule has 284 valence electrons. The minimum atomic E-state index is -1.09. The Morgan fingerprint density at radius 1 is 0.927 bits per heavy atom. The lowest BCUT2D eigenvalue weighted by Crippen LogP contribution is -2.54. The zero-order valence-electron chi connectivity index (χ0n) is 30.3. The molecule has 0 radical (unpaired) electrons. The van der Waals surface area contributed by atoms with Crippen LogP contribution in [0.3, 0.4) is 0 Å². The molecule has 0 bridgehead atoms. The van der Waals surface area contributed by atoms with Crippen molar-refractivity contribution in [2.45, 2.75) is 68.1 Å². The molecule has 13 heteroatoms. The highest BCUT2D eigenvalue weighted by atomic mass is 32.2. The van der Waals surface area contributed by atoms with Gasteiger partial charge in [-0.1, -0.05) is 24.6 Å². The average Bonchev–Trinajstić information content (AvgIpc) is 3.72. The summed E-state index contributed by atoms with van der Waals surface area (Å²) in [5.74, 6) is -2.16. The van der Waals surface area contributed by atoms with Crippen LogP contribution in [0.4, 0.5) is 15.8 Å². The van der Waals surface area contributed by atoms with Crippen molar-refractivity contribution in [3.8, 4) is 11.1 Å². The van der Waals surface area contributed by atoms with Gasteiger partial charge >= 0.3 is 0 Å². The normalized spacial score (nSPS) is 21.9. The third kappa shape index (κ3) is 7.48. The molecule has 3 aromatic carbocycles. The number of fused-ring (bicyclic) bond motifs is 4. The maximum Gasteiger partial charge on any atom is 0.263 e. The molecule has 1 aromatic heterocycles. The summed E-state index contributed by atoms with van der Waals surface area (Å²) in [6.45, 7) is 2.67. The topological polar surface area (TPSA) is 144 Å². The van der Waals surface area contributed by atoms with Gasteiger partial charge in [0.15, 0.2) is 0 Å². The Hall–Kier alpha value is -5.11. The summed E-state index contributed by atoms with van der Waals surface area (Å²) in [4.78, 5) is 58.5. The average molecular weight is 763 g/mol. The lowest BCUT2D eigenvalue weighted by molar-refractivity contribution is -0.136. The van der Waals surface area contributed by atoms with Gasteiger partial charge in [0.1, 0.15) is 11.9 Å². The van der Waals surface area contributed by atoms with Crippen LogP contribution in [0.15, 0.2) is 84.0 Å². The molecule has 5 heterocycles. The number of aliphatic hydroxyl groups excluding tert-OH is 1. The number of aromatic nitrogens is 1. The zero-order chi connectivity index (χ0) is 38.1. The number of hydrogen-bond donors (Lipinski definition) is 4. The van der Waals surface area contributed by atoms with Gasteiger partial charge in [0.2, 0.25) is 11.8 Å². The van der Waals surface area contributed by atoms with Gasteiger partial charge in [0, 0.05) is 60.1 Å². The highest BCUT2D eigenvalue weighted by Gasteiger charge is 2.46. The van der Waals surface area contributed by atoms with Gasteiger partial charge in [-0.25, -0.2) is 4.39 Å². The predicted molar refractivity (Wildman–Crippen MR) is 208 cm³/mol. The number of halogens is 1. The summed E-state index contributed by atoms with van der Waals surface area (Å²) in [5.41, 5.74) is 6.94. The number of pyridine rings is 1. The molecule has 2 saturated heterocycles. The number of aliphatic hydroxyl groups is 1. The van der Waals surface area contributed by atoms with E-state index in [0.29, 0.717) is 16.6 Å².